The van der Waals surface area contributed by atoms with Crippen molar-refractivity contribution in [1.29, 1.82) is 0 Å². The van der Waals surface area contributed by atoms with Gasteiger partial charge in [0.25, 0.3) is 5.91 Å². The molecule has 0 bridgehead atoms. The molecule has 5 nitrogen and oxygen atoms in total. The molecule has 32 heavy (non-hydrogen) atoms. The summed E-state index contributed by atoms with van der Waals surface area (Å²) in [5.41, 5.74) is 4.80. The standard InChI is InChI=1S/C26H27N3O2S/c1-4-5-13-31-22-10-8-21(9-11-22)25(30)29(17-20-7-6-12-27-16-20)26-28-24-19(3)14-18(2)15-23(24)32-26/h6-12,14-16H,4-5,13,17H2,1-3H3. The number of carbonyl (C=O) groups is 1. The predicted octanol–water partition coefficient (Wildman–Crippen LogP) is 6.33. The van der Waals surface area contributed by atoms with Gasteiger partial charge in [-0.05, 0) is 73.4 Å². The summed E-state index contributed by atoms with van der Waals surface area (Å²) in [6, 6.07) is 15.5. The minimum absolute atomic E-state index is 0.0950. The Bertz CT molecular complexity index is 1200. The van der Waals surface area contributed by atoms with Gasteiger partial charge in [-0.3, -0.25) is 14.7 Å². The highest BCUT2D eigenvalue weighted by molar-refractivity contribution is 7.22. The molecule has 0 aliphatic carbocycles. The quantitative estimate of drug-likeness (QED) is 0.297. The van der Waals surface area contributed by atoms with Gasteiger partial charge < -0.3 is 4.74 Å². The maximum Gasteiger partial charge on any atom is 0.260 e. The number of ether oxygens (including phenoxy) is 1. The first kappa shape index (κ1) is 22.0. The smallest absolute Gasteiger partial charge is 0.260 e. The zero-order valence-corrected chi connectivity index (χ0v) is 19.5. The molecule has 6 heteroatoms. The average molecular weight is 446 g/mol. The number of aromatic nitrogens is 2. The molecule has 0 saturated carbocycles. The SMILES string of the molecule is CCCCOc1ccc(C(=O)N(Cc2cccnc2)c2nc3c(C)cc(C)cc3s2)cc1. The van der Waals surface area contributed by atoms with Gasteiger partial charge in [-0.25, -0.2) is 4.98 Å². The Kier molecular flexibility index (Phi) is 6.81. The van der Waals surface area contributed by atoms with Crippen LogP contribution in [0.15, 0.2) is 60.9 Å². The van der Waals surface area contributed by atoms with Crippen molar-refractivity contribution in [3.05, 3.63) is 83.2 Å². The van der Waals surface area contributed by atoms with E-state index in [9.17, 15) is 4.79 Å². The Morgan fingerprint density at radius 1 is 1.12 bits per heavy atom. The van der Waals surface area contributed by atoms with Crippen molar-refractivity contribution in [3.8, 4) is 5.75 Å². The van der Waals surface area contributed by atoms with Crippen LogP contribution >= 0.6 is 11.3 Å². The molecule has 0 N–H and O–H groups in total. The van der Waals surface area contributed by atoms with E-state index in [-0.39, 0.29) is 5.91 Å². The number of hydrogen-bond acceptors (Lipinski definition) is 5. The summed E-state index contributed by atoms with van der Waals surface area (Å²) in [7, 11) is 0. The fourth-order valence-electron chi connectivity index (χ4n) is 3.56. The molecule has 1 amide bonds. The molecule has 0 aliphatic heterocycles. The van der Waals surface area contributed by atoms with Gasteiger partial charge in [0.05, 0.1) is 23.4 Å². The second-order valence-corrected chi connectivity index (χ2v) is 8.91. The van der Waals surface area contributed by atoms with Crippen molar-refractivity contribution in [2.24, 2.45) is 0 Å². The lowest BCUT2D eigenvalue weighted by Gasteiger charge is -2.20. The highest BCUT2D eigenvalue weighted by Gasteiger charge is 2.22. The van der Waals surface area contributed by atoms with E-state index >= 15 is 0 Å². The first-order valence-corrected chi connectivity index (χ1v) is 11.7. The van der Waals surface area contributed by atoms with Gasteiger partial charge >= 0.3 is 0 Å². The van der Waals surface area contributed by atoms with Crippen LogP contribution < -0.4 is 9.64 Å². The van der Waals surface area contributed by atoms with Gasteiger partial charge in [-0.2, -0.15) is 0 Å². The van der Waals surface area contributed by atoms with Gasteiger partial charge in [0.15, 0.2) is 5.13 Å². The van der Waals surface area contributed by atoms with E-state index in [0.29, 0.717) is 23.8 Å². The topological polar surface area (TPSA) is 55.3 Å². The number of thiazole rings is 1. The number of pyridine rings is 1. The molecule has 0 saturated heterocycles. The van der Waals surface area contributed by atoms with Crippen LogP contribution in [0, 0.1) is 13.8 Å². The molecule has 0 radical (unpaired) electrons. The Labute approximate surface area is 192 Å². The number of hydrogen-bond donors (Lipinski definition) is 0. The molecular weight excluding hydrogens is 418 g/mol. The Hall–Kier alpha value is -3.25. The number of nitrogens with zero attached hydrogens (tertiary/aromatic N) is 3. The van der Waals surface area contributed by atoms with Crippen molar-refractivity contribution in [1.82, 2.24) is 9.97 Å². The number of benzene rings is 2. The maximum atomic E-state index is 13.6. The molecule has 0 fully saturated rings. The lowest BCUT2D eigenvalue weighted by molar-refractivity contribution is 0.0985. The number of amides is 1. The van der Waals surface area contributed by atoms with E-state index in [1.54, 1.807) is 28.6 Å². The lowest BCUT2D eigenvalue weighted by atomic mass is 10.1. The normalized spacial score (nSPS) is 11.0. The number of carbonyl (C=O) groups excluding carboxylic acids is 1. The van der Waals surface area contributed by atoms with Crippen LogP contribution in [-0.4, -0.2) is 22.5 Å². The Balaban J connectivity index is 1.66. The van der Waals surface area contributed by atoms with Gasteiger partial charge in [0.2, 0.25) is 0 Å². The van der Waals surface area contributed by atoms with E-state index in [4.69, 9.17) is 9.72 Å². The molecule has 2 aromatic carbocycles. The maximum absolute atomic E-state index is 13.6. The third-order valence-corrected chi connectivity index (χ3v) is 6.25. The van der Waals surface area contributed by atoms with E-state index in [1.165, 1.54) is 5.56 Å². The molecule has 4 rings (SSSR count). The number of unbranched alkanes of at least 4 members (excludes halogenated alkanes) is 1. The average Bonchev–Trinajstić information content (AvgIpc) is 3.22. The number of rotatable bonds is 8. The van der Waals surface area contributed by atoms with E-state index in [0.717, 1.165) is 39.9 Å². The number of aryl methyl sites for hydroxylation is 2. The molecule has 0 aliphatic rings. The highest BCUT2D eigenvalue weighted by atomic mass is 32.1. The minimum atomic E-state index is -0.0950. The third kappa shape index (κ3) is 4.97. The van der Waals surface area contributed by atoms with Crippen LogP contribution in [0.1, 0.15) is 46.8 Å². The van der Waals surface area contributed by atoms with E-state index in [2.05, 4.69) is 37.9 Å². The van der Waals surface area contributed by atoms with Crippen LogP contribution in [0.4, 0.5) is 5.13 Å². The largest absolute Gasteiger partial charge is 0.494 e. The molecular formula is C26H27N3O2S. The lowest BCUT2D eigenvalue weighted by Crippen LogP contribution is -2.30. The molecule has 164 valence electrons. The highest BCUT2D eigenvalue weighted by Crippen LogP contribution is 2.33. The van der Waals surface area contributed by atoms with Crippen molar-refractivity contribution in [3.63, 3.8) is 0 Å². The Morgan fingerprint density at radius 2 is 1.94 bits per heavy atom. The summed E-state index contributed by atoms with van der Waals surface area (Å²) in [5.74, 6) is 0.683. The van der Waals surface area contributed by atoms with Gasteiger partial charge in [0, 0.05) is 18.0 Å². The van der Waals surface area contributed by atoms with Gasteiger partial charge in [-0.15, -0.1) is 0 Å². The molecule has 2 aromatic heterocycles. The monoisotopic (exact) mass is 445 g/mol. The van der Waals surface area contributed by atoms with Crippen LogP contribution in [0.25, 0.3) is 10.2 Å². The predicted molar refractivity (Wildman–Crippen MR) is 131 cm³/mol. The van der Waals surface area contributed by atoms with Crippen molar-refractivity contribution in [2.45, 2.75) is 40.2 Å². The first-order chi connectivity index (χ1) is 15.5. The first-order valence-electron chi connectivity index (χ1n) is 10.9. The van der Waals surface area contributed by atoms with Gasteiger partial charge in [-0.1, -0.05) is 36.8 Å². The third-order valence-electron chi connectivity index (χ3n) is 5.23. The second kappa shape index (κ2) is 9.92. The fourth-order valence-corrected chi connectivity index (χ4v) is 4.70. The van der Waals surface area contributed by atoms with Crippen molar-refractivity contribution >= 4 is 32.6 Å². The number of anilines is 1. The van der Waals surface area contributed by atoms with Crippen molar-refractivity contribution < 1.29 is 9.53 Å². The van der Waals surface area contributed by atoms with E-state index < -0.39 is 0 Å². The van der Waals surface area contributed by atoms with Crippen LogP contribution in [-0.2, 0) is 6.54 Å². The minimum Gasteiger partial charge on any atom is -0.494 e. The summed E-state index contributed by atoms with van der Waals surface area (Å²) in [6.07, 6.45) is 5.61. The fraction of sp³-hybridized carbons (Fsp3) is 0.269. The summed E-state index contributed by atoms with van der Waals surface area (Å²) >= 11 is 1.54. The Morgan fingerprint density at radius 3 is 2.66 bits per heavy atom. The summed E-state index contributed by atoms with van der Waals surface area (Å²) in [4.78, 5) is 24.4. The molecule has 2 heterocycles. The van der Waals surface area contributed by atoms with Gasteiger partial charge in [0.1, 0.15) is 5.75 Å². The molecule has 0 spiro atoms. The zero-order valence-electron chi connectivity index (χ0n) is 18.7. The van der Waals surface area contributed by atoms with Crippen LogP contribution in [0.2, 0.25) is 0 Å². The van der Waals surface area contributed by atoms with Crippen molar-refractivity contribution in [2.75, 3.05) is 11.5 Å². The second-order valence-electron chi connectivity index (χ2n) is 7.90. The molecule has 0 atom stereocenters. The summed E-state index contributed by atoms with van der Waals surface area (Å²) < 4.78 is 6.83. The van der Waals surface area contributed by atoms with E-state index in [1.807, 2.05) is 36.4 Å². The zero-order chi connectivity index (χ0) is 22.5. The summed E-state index contributed by atoms with van der Waals surface area (Å²) in [5, 5.41) is 0.686. The summed E-state index contributed by atoms with van der Waals surface area (Å²) in [6.45, 7) is 7.35. The molecule has 0 unspecified atom stereocenters. The van der Waals surface area contributed by atoms with Crippen LogP contribution in [0.5, 0.6) is 5.75 Å². The van der Waals surface area contributed by atoms with Crippen LogP contribution in [0.3, 0.4) is 0 Å². The number of fused-ring (bicyclic) bond motifs is 1. The molecule has 4 aromatic rings.